The molecule has 1 aromatic heterocycles. The molecule has 2 heterocycles. The summed E-state index contributed by atoms with van der Waals surface area (Å²) in [6.45, 7) is 2.20. The summed E-state index contributed by atoms with van der Waals surface area (Å²) in [6, 6.07) is 9.82. The van der Waals surface area contributed by atoms with E-state index in [1.54, 1.807) is 17.6 Å². The summed E-state index contributed by atoms with van der Waals surface area (Å²) in [7, 11) is 0. The van der Waals surface area contributed by atoms with E-state index >= 15 is 0 Å². The first kappa shape index (κ1) is 15.1. The maximum absolute atomic E-state index is 11.4. The summed E-state index contributed by atoms with van der Waals surface area (Å²) in [4.78, 5) is 17.0. The van der Waals surface area contributed by atoms with Gasteiger partial charge in [0.2, 0.25) is 0 Å². The first-order valence-corrected chi connectivity index (χ1v) is 8.31. The van der Waals surface area contributed by atoms with E-state index in [2.05, 4.69) is 20.9 Å². The monoisotopic (exact) mass is 376 g/mol. The summed E-state index contributed by atoms with van der Waals surface area (Å²) in [5, 5.41) is 7.89. The number of rotatable bonds is 3. The molecule has 1 N–H and O–H groups in total. The highest BCUT2D eigenvalue weighted by Gasteiger charge is 2.33. The molecule has 2 aromatic rings. The number of thiophene rings is 1. The van der Waals surface area contributed by atoms with Gasteiger partial charge in [0, 0.05) is 11.1 Å². The lowest BCUT2D eigenvalue weighted by atomic mass is 9.93. The minimum Gasteiger partial charge on any atom is -0.460 e. The highest BCUT2D eigenvalue weighted by Crippen LogP contribution is 2.32. The van der Waals surface area contributed by atoms with Crippen LogP contribution in [0, 0.1) is 12.3 Å². The summed E-state index contributed by atoms with van der Waals surface area (Å²) < 4.78 is 6.02. The van der Waals surface area contributed by atoms with Gasteiger partial charge in [-0.25, -0.2) is 4.79 Å². The number of aliphatic imine (C=N–C) groups is 1. The largest absolute Gasteiger partial charge is 0.460 e. The molecular formula is C16H13BrN2O2S. The third-order valence-electron chi connectivity index (χ3n) is 3.43. The van der Waals surface area contributed by atoms with E-state index in [4.69, 9.17) is 10.1 Å². The first-order valence-electron chi connectivity index (χ1n) is 6.70. The van der Waals surface area contributed by atoms with Crippen LogP contribution in [-0.2, 0) is 9.53 Å². The summed E-state index contributed by atoms with van der Waals surface area (Å²) in [5.74, 6) is -0.877. The topological polar surface area (TPSA) is 62.5 Å². The predicted octanol–water partition coefficient (Wildman–Crippen LogP) is 4.23. The number of esters is 1. The molecule has 0 radical (unpaired) electrons. The highest BCUT2D eigenvalue weighted by atomic mass is 79.9. The molecule has 22 heavy (non-hydrogen) atoms. The van der Waals surface area contributed by atoms with Crippen molar-refractivity contribution in [2.24, 2.45) is 4.99 Å². The van der Waals surface area contributed by atoms with Crippen LogP contribution < -0.4 is 0 Å². The Bertz CT molecular complexity index is 782. The molecule has 1 aromatic carbocycles. The van der Waals surface area contributed by atoms with Gasteiger partial charge < -0.3 is 4.74 Å². The van der Waals surface area contributed by atoms with Gasteiger partial charge in [0.05, 0.1) is 15.4 Å². The molecule has 4 nitrogen and oxygen atoms in total. The van der Waals surface area contributed by atoms with Crippen molar-refractivity contribution in [3.05, 3.63) is 50.1 Å². The smallest absolute Gasteiger partial charge is 0.352 e. The maximum Gasteiger partial charge on any atom is 0.352 e. The lowest BCUT2D eigenvalue weighted by molar-refractivity contribution is -0.132. The third kappa shape index (κ3) is 3.03. The number of carbonyl (C=O) groups is 1. The van der Waals surface area contributed by atoms with E-state index in [9.17, 15) is 4.79 Å². The van der Waals surface area contributed by atoms with Gasteiger partial charge in [-0.1, -0.05) is 17.7 Å². The molecule has 0 saturated carbocycles. The normalized spacial score (nSPS) is 18.2. The number of benzene rings is 1. The molecule has 0 bridgehead atoms. The van der Waals surface area contributed by atoms with Gasteiger partial charge in [0.25, 0.3) is 0 Å². The van der Waals surface area contributed by atoms with Crippen molar-refractivity contribution in [3.8, 4) is 0 Å². The van der Waals surface area contributed by atoms with Crippen LogP contribution in [0.1, 0.15) is 21.9 Å². The fraction of sp³-hybridized carbons (Fsp3) is 0.188. The second-order valence-corrected chi connectivity index (χ2v) is 7.52. The molecule has 1 aliphatic rings. The Morgan fingerprint density at radius 1 is 1.41 bits per heavy atom. The molecule has 1 saturated heterocycles. The lowest BCUT2D eigenvalue weighted by Gasteiger charge is -2.11. The van der Waals surface area contributed by atoms with Crippen molar-refractivity contribution in [3.63, 3.8) is 0 Å². The summed E-state index contributed by atoms with van der Waals surface area (Å²) >= 11 is 5.02. The molecule has 1 atom stereocenters. The van der Waals surface area contributed by atoms with Gasteiger partial charge in [0.15, 0.2) is 0 Å². The maximum atomic E-state index is 11.4. The van der Waals surface area contributed by atoms with Crippen molar-refractivity contribution < 1.29 is 9.53 Å². The van der Waals surface area contributed by atoms with E-state index in [-0.39, 0.29) is 18.2 Å². The van der Waals surface area contributed by atoms with Gasteiger partial charge >= 0.3 is 5.97 Å². The van der Waals surface area contributed by atoms with Crippen molar-refractivity contribution >= 4 is 50.8 Å². The van der Waals surface area contributed by atoms with Gasteiger partial charge in [-0.2, -0.15) is 0 Å². The Labute approximate surface area is 140 Å². The fourth-order valence-corrected chi connectivity index (χ4v) is 3.60. The summed E-state index contributed by atoms with van der Waals surface area (Å²) in [5.41, 5.74) is 2.70. The second-order valence-electron chi connectivity index (χ2n) is 5.03. The number of nitrogens with one attached hydrogen (secondary N) is 1. The van der Waals surface area contributed by atoms with Gasteiger partial charge in [-0.05, 0) is 46.6 Å². The van der Waals surface area contributed by atoms with E-state index in [0.717, 1.165) is 25.5 Å². The van der Waals surface area contributed by atoms with Crippen molar-refractivity contribution in [2.75, 3.05) is 6.61 Å². The number of nitrogens with zero attached hydrogens (tertiary/aromatic N) is 1. The van der Waals surface area contributed by atoms with E-state index in [0.29, 0.717) is 0 Å². The molecule has 0 spiro atoms. The molecule has 112 valence electrons. The second kappa shape index (κ2) is 6.14. The third-order valence-corrected chi connectivity index (χ3v) is 4.99. The molecule has 3 rings (SSSR count). The minimum absolute atomic E-state index is 0.000850. The average molecular weight is 377 g/mol. The average Bonchev–Trinajstić information content (AvgIpc) is 3.05. The predicted molar refractivity (Wildman–Crippen MR) is 91.9 cm³/mol. The Morgan fingerprint density at radius 2 is 2.23 bits per heavy atom. The number of cyclic esters (lactones) is 1. The number of aryl methyl sites for hydroxylation is 1. The van der Waals surface area contributed by atoms with Crippen LogP contribution in [0.3, 0.4) is 0 Å². The highest BCUT2D eigenvalue weighted by molar-refractivity contribution is 9.11. The molecule has 1 fully saturated rings. The fourth-order valence-electron chi connectivity index (χ4n) is 2.31. The van der Waals surface area contributed by atoms with E-state index in [1.807, 2.05) is 37.3 Å². The van der Waals surface area contributed by atoms with Crippen LogP contribution >= 0.6 is 27.3 Å². The zero-order valence-electron chi connectivity index (χ0n) is 11.8. The van der Waals surface area contributed by atoms with Crippen LogP contribution in [0.4, 0.5) is 5.69 Å². The van der Waals surface area contributed by atoms with Gasteiger partial charge in [-0.3, -0.25) is 10.4 Å². The van der Waals surface area contributed by atoms with Crippen LogP contribution in [0.5, 0.6) is 0 Å². The number of halogens is 1. The minimum atomic E-state index is -0.538. The molecule has 0 amide bonds. The Hall–Kier alpha value is -1.79. The zero-order valence-corrected chi connectivity index (χ0v) is 14.2. The molecular weight excluding hydrogens is 364 g/mol. The Morgan fingerprint density at radius 3 is 2.86 bits per heavy atom. The van der Waals surface area contributed by atoms with Crippen molar-refractivity contribution in [1.29, 1.82) is 5.41 Å². The van der Waals surface area contributed by atoms with Crippen molar-refractivity contribution in [2.45, 2.75) is 12.8 Å². The van der Waals surface area contributed by atoms with Crippen molar-refractivity contribution in [1.82, 2.24) is 0 Å². The van der Waals surface area contributed by atoms with Crippen LogP contribution in [0.25, 0.3) is 0 Å². The molecule has 0 aliphatic carbocycles. The summed E-state index contributed by atoms with van der Waals surface area (Å²) in [6.07, 6.45) is 1.80. The van der Waals surface area contributed by atoms with Crippen LogP contribution in [0.15, 0.2) is 39.1 Å². The lowest BCUT2D eigenvalue weighted by Crippen LogP contribution is -2.12. The SMILES string of the molecule is Cc1ccc(N=Cc2ccc(Br)s2)c(C2COC(=O)C2=N)c1. The molecule has 1 aliphatic heterocycles. The number of hydrogen-bond donors (Lipinski definition) is 1. The Balaban J connectivity index is 1.96. The van der Waals surface area contributed by atoms with Gasteiger partial charge in [0.1, 0.15) is 12.3 Å². The van der Waals surface area contributed by atoms with Gasteiger partial charge in [-0.15, -0.1) is 11.3 Å². The molecule has 6 heteroatoms. The Kier molecular flexibility index (Phi) is 4.22. The number of hydrogen-bond acceptors (Lipinski definition) is 5. The number of carbonyl (C=O) groups excluding carboxylic acids is 1. The zero-order chi connectivity index (χ0) is 15.7. The van der Waals surface area contributed by atoms with E-state index < -0.39 is 5.97 Å². The standard InChI is InChI=1S/C16H13BrN2O2S/c1-9-2-4-13(19-7-10-3-5-14(17)22-10)11(6-9)12-8-21-16(20)15(12)18/h2-7,12,18H,8H2,1H3. The van der Waals surface area contributed by atoms with E-state index in [1.165, 1.54) is 0 Å². The number of ether oxygens (including phenoxy) is 1. The van der Waals surface area contributed by atoms with Crippen LogP contribution in [-0.4, -0.2) is 24.5 Å². The molecule has 1 unspecified atom stereocenters. The van der Waals surface area contributed by atoms with Crippen LogP contribution in [0.2, 0.25) is 0 Å². The first-order chi connectivity index (χ1) is 10.5. The quantitative estimate of drug-likeness (QED) is 0.643.